The summed E-state index contributed by atoms with van der Waals surface area (Å²) >= 11 is 0. The van der Waals surface area contributed by atoms with E-state index < -0.39 is 0 Å². The third kappa shape index (κ3) is 9.51. The zero-order valence-electron chi connectivity index (χ0n) is 11.1. The highest BCUT2D eigenvalue weighted by atomic mass is 15.0. The average molecular weight is 210 g/mol. The first-order chi connectivity index (χ1) is 6.85. The van der Waals surface area contributed by atoms with Crippen LogP contribution in [0, 0.1) is 0 Å². The third-order valence-corrected chi connectivity index (χ3v) is 1.87. The van der Waals surface area contributed by atoms with Crippen LogP contribution in [0.4, 0.5) is 0 Å². The molecule has 1 N–H and O–H groups in total. The highest BCUT2D eigenvalue weighted by Gasteiger charge is 2.07. The van der Waals surface area contributed by atoms with E-state index in [-0.39, 0.29) is 5.54 Å². The fourth-order valence-electron chi connectivity index (χ4n) is 1.40. The zero-order chi connectivity index (χ0) is 11.9. The topological polar surface area (TPSA) is 24.4 Å². The van der Waals surface area contributed by atoms with Crippen LogP contribution in [0.25, 0.3) is 0 Å². The zero-order valence-corrected chi connectivity index (χ0v) is 11.1. The molecule has 0 atom stereocenters. The van der Waals surface area contributed by atoms with Crippen LogP contribution in [-0.2, 0) is 0 Å². The summed E-state index contributed by atoms with van der Waals surface area (Å²) in [6.07, 6.45) is 4.50. The van der Waals surface area contributed by atoms with E-state index in [9.17, 15) is 0 Å². The van der Waals surface area contributed by atoms with Crippen LogP contribution in [-0.4, -0.2) is 17.8 Å². The molecule has 0 fully saturated rings. The van der Waals surface area contributed by atoms with Gasteiger partial charge in [-0.1, -0.05) is 13.3 Å². The molecule has 0 aliphatic carbocycles. The molecule has 0 spiro atoms. The standard InChI is InChI=1S/C13H26N2/c1-7-8-9-14-11(2)10-12(3)15-13(4,5)6/h10,15H,7-9H2,1-6H3. The fraction of sp³-hybridized carbons (Fsp3) is 0.769. The molecule has 0 saturated carbocycles. The van der Waals surface area contributed by atoms with Crippen molar-refractivity contribution in [3.8, 4) is 0 Å². The Labute approximate surface area is 94.9 Å². The Morgan fingerprint density at radius 2 is 1.87 bits per heavy atom. The highest BCUT2D eigenvalue weighted by molar-refractivity contribution is 5.93. The van der Waals surface area contributed by atoms with E-state index in [4.69, 9.17) is 0 Å². The van der Waals surface area contributed by atoms with Gasteiger partial charge in [0.25, 0.3) is 0 Å². The normalized spacial score (nSPS) is 14.3. The first kappa shape index (κ1) is 14.2. The van der Waals surface area contributed by atoms with Gasteiger partial charge in [0.2, 0.25) is 0 Å². The fourth-order valence-corrected chi connectivity index (χ4v) is 1.40. The van der Waals surface area contributed by atoms with Gasteiger partial charge < -0.3 is 5.32 Å². The first-order valence-electron chi connectivity index (χ1n) is 5.82. The Kier molecular flexibility index (Phi) is 6.30. The lowest BCUT2D eigenvalue weighted by Crippen LogP contribution is -2.34. The molecular weight excluding hydrogens is 184 g/mol. The molecule has 0 aromatic rings. The van der Waals surface area contributed by atoms with E-state index in [1.807, 2.05) is 0 Å². The van der Waals surface area contributed by atoms with Gasteiger partial charge in [-0.05, 0) is 47.1 Å². The maximum absolute atomic E-state index is 4.48. The van der Waals surface area contributed by atoms with Gasteiger partial charge in [0.1, 0.15) is 0 Å². The number of aliphatic imine (C=N–C) groups is 1. The predicted molar refractivity (Wildman–Crippen MR) is 69.5 cm³/mol. The second-order valence-electron chi connectivity index (χ2n) is 5.08. The average Bonchev–Trinajstić information content (AvgIpc) is 2.00. The Morgan fingerprint density at radius 1 is 1.27 bits per heavy atom. The van der Waals surface area contributed by atoms with Crippen LogP contribution in [0.1, 0.15) is 54.4 Å². The van der Waals surface area contributed by atoms with Crippen molar-refractivity contribution in [2.75, 3.05) is 6.54 Å². The van der Waals surface area contributed by atoms with Crippen molar-refractivity contribution in [3.05, 3.63) is 11.8 Å². The number of nitrogens with zero attached hydrogens (tertiary/aromatic N) is 1. The SMILES string of the molecule is CCCCN=C(C)C=C(C)NC(C)(C)C. The summed E-state index contributed by atoms with van der Waals surface area (Å²) in [4.78, 5) is 4.48. The van der Waals surface area contributed by atoms with Gasteiger partial charge in [-0.15, -0.1) is 0 Å². The monoisotopic (exact) mass is 210 g/mol. The molecule has 0 aliphatic rings. The van der Waals surface area contributed by atoms with Gasteiger partial charge in [0.15, 0.2) is 0 Å². The maximum atomic E-state index is 4.48. The van der Waals surface area contributed by atoms with Crippen molar-refractivity contribution in [1.82, 2.24) is 5.32 Å². The summed E-state index contributed by atoms with van der Waals surface area (Å²) in [5.41, 5.74) is 2.42. The van der Waals surface area contributed by atoms with Crippen molar-refractivity contribution >= 4 is 5.71 Å². The van der Waals surface area contributed by atoms with Gasteiger partial charge >= 0.3 is 0 Å². The number of hydrogen-bond donors (Lipinski definition) is 1. The summed E-state index contributed by atoms with van der Waals surface area (Å²) < 4.78 is 0. The molecule has 2 nitrogen and oxygen atoms in total. The van der Waals surface area contributed by atoms with Crippen LogP contribution >= 0.6 is 0 Å². The van der Waals surface area contributed by atoms with Crippen LogP contribution in [0.5, 0.6) is 0 Å². The first-order valence-corrected chi connectivity index (χ1v) is 5.82. The second-order valence-corrected chi connectivity index (χ2v) is 5.08. The van der Waals surface area contributed by atoms with E-state index in [1.165, 1.54) is 18.5 Å². The van der Waals surface area contributed by atoms with Crippen molar-refractivity contribution in [3.63, 3.8) is 0 Å². The number of hydrogen-bond acceptors (Lipinski definition) is 2. The van der Waals surface area contributed by atoms with Gasteiger partial charge in [0.05, 0.1) is 0 Å². The number of rotatable bonds is 5. The molecule has 0 aromatic carbocycles. The van der Waals surface area contributed by atoms with Crippen molar-refractivity contribution < 1.29 is 0 Å². The van der Waals surface area contributed by atoms with Crippen LogP contribution in [0.2, 0.25) is 0 Å². The minimum absolute atomic E-state index is 0.129. The summed E-state index contributed by atoms with van der Waals surface area (Å²) in [5, 5.41) is 3.42. The molecule has 0 aromatic heterocycles. The summed E-state index contributed by atoms with van der Waals surface area (Å²) in [7, 11) is 0. The van der Waals surface area contributed by atoms with Crippen molar-refractivity contribution in [2.45, 2.75) is 59.9 Å². The van der Waals surface area contributed by atoms with Gasteiger partial charge in [-0.3, -0.25) is 4.99 Å². The van der Waals surface area contributed by atoms with Gasteiger partial charge in [-0.2, -0.15) is 0 Å². The molecule has 88 valence electrons. The quantitative estimate of drug-likeness (QED) is 0.545. The molecule has 0 saturated heterocycles. The lowest BCUT2D eigenvalue weighted by molar-refractivity contribution is 0.474. The van der Waals surface area contributed by atoms with E-state index in [2.05, 4.69) is 57.9 Å². The number of unbranched alkanes of at least 4 members (excludes halogenated alkanes) is 1. The van der Waals surface area contributed by atoms with Gasteiger partial charge in [0, 0.05) is 23.5 Å². The predicted octanol–water partition coefficient (Wildman–Crippen LogP) is 3.54. The molecule has 15 heavy (non-hydrogen) atoms. The molecule has 0 radical (unpaired) electrons. The second kappa shape index (κ2) is 6.65. The number of nitrogens with one attached hydrogen (secondary N) is 1. The minimum Gasteiger partial charge on any atom is -0.384 e. The lowest BCUT2D eigenvalue weighted by Gasteiger charge is -2.22. The molecule has 2 heteroatoms. The summed E-state index contributed by atoms with van der Waals surface area (Å²) in [6, 6.07) is 0. The maximum Gasteiger partial charge on any atom is 0.0392 e. The van der Waals surface area contributed by atoms with Crippen LogP contribution < -0.4 is 5.32 Å². The molecule has 0 amide bonds. The molecule has 0 rings (SSSR count). The van der Waals surface area contributed by atoms with Crippen LogP contribution in [0.15, 0.2) is 16.8 Å². The highest BCUT2D eigenvalue weighted by Crippen LogP contribution is 2.03. The Bertz CT molecular complexity index is 231. The van der Waals surface area contributed by atoms with E-state index in [0.717, 1.165) is 12.3 Å². The molecule has 0 aliphatic heterocycles. The molecule has 0 unspecified atom stereocenters. The van der Waals surface area contributed by atoms with Gasteiger partial charge in [-0.25, -0.2) is 0 Å². The summed E-state index contributed by atoms with van der Waals surface area (Å²) in [6.45, 7) is 13.8. The smallest absolute Gasteiger partial charge is 0.0392 e. The minimum atomic E-state index is 0.129. The Balaban J connectivity index is 4.16. The van der Waals surface area contributed by atoms with E-state index >= 15 is 0 Å². The molecule has 0 bridgehead atoms. The van der Waals surface area contributed by atoms with Crippen molar-refractivity contribution in [1.29, 1.82) is 0 Å². The molecular formula is C13H26N2. The van der Waals surface area contributed by atoms with Crippen LogP contribution in [0.3, 0.4) is 0 Å². The third-order valence-electron chi connectivity index (χ3n) is 1.87. The Hall–Kier alpha value is -0.790. The van der Waals surface area contributed by atoms with E-state index in [0.29, 0.717) is 0 Å². The summed E-state index contributed by atoms with van der Waals surface area (Å²) in [5.74, 6) is 0. The lowest BCUT2D eigenvalue weighted by atomic mass is 10.1. The molecule has 0 heterocycles. The van der Waals surface area contributed by atoms with E-state index in [1.54, 1.807) is 0 Å². The van der Waals surface area contributed by atoms with Crippen molar-refractivity contribution in [2.24, 2.45) is 4.99 Å². The Morgan fingerprint density at radius 3 is 2.33 bits per heavy atom. The number of allylic oxidation sites excluding steroid dienone is 2. The largest absolute Gasteiger partial charge is 0.384 e.